The number of ether oxygens (including phenoxy) is 6. The number of fused-ring (bicyclic) bond motifs is 1. The fourth-order valence-corrected chi connectivity index (χ4v) is 8.06. The highest BCUT2D eigenvalue weighted by Crippen LogP contribution is 2.38. The Labute approximate surface area is 371 Å². The van der Waals surface area contributed by atoms with E-state index in [-0.39, 0.29) is 35.8 Å². The first-order chi connectivity index (χ1) is 29.6. The SMILES string of the molecule is CCCCOCCOCCOCCCC(=O)Cc1ccc(NC(=O)NCCOCCOCCOCCNS(=O)(=O)c2ccc([C@@H]3CN(C)Cc4c(Cl)cc(Cl)cc43)cc2)cc1. The van der Waals surface area contributed by atoms with Crippen LogP contribution in [0.25, 0.3) is 0 Å². The molecule has 1 aliphatic heterocycles. The first-order valence-corrected chi connectivity index (χ1v) is 23.2. The van der Waals surface area contributed by atoms with Crippen molar-refractivity contribution < 1.29 is 46.4 Å². The van der Waals surface area contributed by atoms with E-state index in [9.17, 15) is 18.0 Å². The standard InChI is InChI=1S/C44H62Cl2N4O10S/c1-3-4-17-55-21-25-59-26-22-56-18-5-6-38(51)29-34-7-11-37(12-8-34)49-44(52)47-15-19-57-23-27-60-28-24-58-20-16-48-61(53,54)39-13-9-35(10-14-39)41-32-50(2)33-42-40(41)30-36(45)31-43(42)46/h7-14,30-31,41,48H,3-6,15-29,32-33H2,1-2H3,(H2,47,49,52)/t41-/m0/s1. The van der Waals surface area contributed by atoms with E-state index in [1.807, 2.05) is 37.4 Å². The Kier molecular flexibility index (Phi) is 23.6. The van der Waals surface area contributed by atoms with Crippen molar-refractivity contribution in [1.82, 2.24) is 14.9 Å². The minimum Gasteiger partial charge on any atom is -0.379 e. The van der Waals surface area contributed by atoms with Gasteiger partial charge in [0.1, 0.15) is 5.78 Å². The molecule has 0 unspecified atom stereocenters. The highest BCUT2D eigenvalue weighted by atomic mass is 35.5. The summed E-state index contributed by atoms with van der Waals surface area (Å²) >= 11 is 12.8. The Balaban J connectivity index is 0.953. The van der Waals surface area contributed by atoms with Crippen molar-refractivity contribution in [2.24, 2.45) is 0 Å². The lowest BCUT2D eigenvalue weighted by atomic mass is 9.85. The van der Waals surface area contributed by atoms with Crippen LogP contribution in [0, 0.1) is 0 Å². The van der Waals surface area contributed by atoms with E-state index in [0.29, 0.717) is 108 Å². The molecule has 2 amide bonds. The second-order valence-electron chi connectivity index (χ2n) is 14.6. The molecular weight excluding hydrogens is 847 g/mol. The Morgan fingerprint density at radius 3 is 1.93 bits per heavy atom. The number of hydrogen-bond donors (Lipinski definition) is 3. The predicted octanol–water partition coefficient (Wildman–Crippen LogP) is 6.46. The predicted molar refractivity (Wildman–Crippen MR) is 237 cm³/mol. The summed E-state index contributed by atoms with van der Waals surface area (Å²) in [7, 11) is -1.69. The lowest BCUT2D eigenvalue weighted by Gasteiger charge is -2.33. The number of nitrogens with one attached hydrogen (secondary N) is 3. The van der Waals surface area contributed by atoms with Gasteiger partial charge in [0.15, 0.2) is 0 Å². The van der Waals surface area contributed by atoms with E-state index in [4.69, 9.17) is 51.6 Å². The molecule has 0 bridgehead atoms. The van der Waals surface area contributed by atoms with Crippen LogP contribution in [0.15, 0.2) is 65.6 Å². The first kappa shape index (κ1) is 50.5. The largest absolute Gasteiger partial charge is 0.379 e. The van der Waals surface area contributed by atoms with Gasteiger partial charge in [-0.1, -0.05) is 60.8 Å². The summed E-state index contributed by atoms with van der Waals surface area (Å²) in [6, 6.07) is 17.4. The molecule has 61 heavy (non-hydrogen) atoms. The number of ketones is 1. The molecule has 0 saturated carbocycles. The van der Waals surface area contributed by atoms with Crippen molar-refractivity contribution in [3.63, 3.8) is 0 Å². The van der Waals surface area contributed by atoms with Crippen LogP contribution in [-0.2, 0) is 56.2 Å². The molecule has 0 aliphatic carbocycles. The maximum absolute atomic E-state index is 12.9. The highest BCUT2D eigenvalue weighted by molar-refractivity contribution is 7.89. The number of nitrogens with zero attached hydrogens (tertiary/aromatic N) is 1. The summed E-state index contributed by atoms with van der Waals surface area (Å²) < 4.78 is 61.3. The molecule has 1 aliphatic rings. The molecular formula is C44H62Cl2N4O10S. The topological polar surface area (TPSA) is 163 Å². The summed E-state index contributed by atoms with van der Waals surface area (Å²) in [5.74, 6) is 0.147. The number of carbonyl (C=O) groups is 2. The number of urea groups is 1. The number of rotatable bonds is 31. The summed E-state index contributed by atoms with van der Waals surface area (Å²) in [5, 5.41) is 6.71. The molecule has 14 nitrogen and oxygen atoms in total. The molecule has 0 radical (unpaired) electrons. The molecule has 1 heterocycles. The summed E-state index contributed by atoms with van der Waals surface area (Å²) in [6.45, 7) is 9.26. The van der Waals surface area contributed by atoms with Crippen molar-refractivity contribution in [3.05, 3.63) is 93.0 Å². The number of halogens is 2. The summed E-state index contributed by atoms with van der Waals surface area (Å²) in [6.07, 6.45) is 3.60. The first-order valence-electron chi connectivity index (χ1n) is 20.9. The minimum atomic E-state index is -3.72. The lowest BCUT2D eigenvalue weighted by molar-refractivity contribution is -0.118. The molecule has 338 valence electrons. The Bertz CT molecular complexity index is 1860. The molecule has 17 heteroatoms. The van der Waals surface area contributed by atoms with Gasteiger partial charge < -0.3 is 44.0 Å². The maximum atomic E-state index is 12.9. The van der Waals surface area contributed by atoms with E-state index in [2.05, 4.69) is 27.2 Å². The summed E-state index contributed by atoms with van der Waals surface area (Å²) in [5.41, 5.74) is 4.57. The van der Waals surface area contributed by atoms with Crippen LogP contribution in [0.2, 0.25) is 10.0 Å². The lowest BCUT2D eigenvalue weighted by Crippen LogP contribution is -2.31. The highest BCUT2D eigenvalue weighted by Gasteiger charge is 2.27. The molecule has 1 atom stereocenters. The number of hydrogen-bond acceptors (Lipinski definition) is 11. The number of Topliss-reactive ketones (excluding diaryl/α,β-unsaturated/α-hetero) is 1. The van der Waals surface area contributed by atoms with Gasteiger partial charge in [0.05, 0.1) is 71.0 Å². The van der Waals surface area contributed by atoms with Crippen LogP contribution in [0.5, 0.6) is 0 Å². The Hall–Kier alpha value is -3.19. The zero-order chi connectivity index (χ0) is 43.7. The van der Waals surface area contributed by atoms with Gasteiger partial charge in [-0.15, -0.1) is 0 Å². The molecule has 0 spiro atoms. The Morgan fingerprint density at radius 1 is 0.738 bits per heavy atom. The number of sulfonamides is 1. The van der Waals surface area contributed by atoms with Gasteiger partial charge in [0.25, 0.3) is 0 Å². The van der Waals surface area contributed by atoms with Gasteiger partial charge in [-0.3, -0.25) is 4.79 Å². The number of unbranched alkanes of at least 4 members (excludes halogenated alkanes) is 1. The quantitative estimate of drug-likeness (QED) is 0.0608. The Morgan fingerprint density at radius 2 is 1.31 bits per heavy atom. The van der Waals surface area contributed by atoms with Gasteiger partial charge >= 0.3 is 6.03 Å². The number of anilines is 1. The number of amides is 2. The average Bonchev–Trinajstić information content (AvgIpc) is 3.23. The van der Waals surface area contributed by atoms with Crippen molar-refractivity contribution in [2.75, 3.05) is 111 Å². The van der Waals surface area contributed by atoms with Gasteiger partial charge in [-0.25, -0.2) is 17.9 Å². The van der Waals surface area contributed by atoms with Crippen LogP contribution < -0.4 is 15.4 Å². The van der Waals surface area contributed by atoms with Crippen molar-refractivity contribution >= 4 is 50.7 Å². The van der Waals surface area contributed by atoms with E-state index in [1.165, 1.54) is 0 Å². The van der Waals surface area contributed by atoms with Crippen molar-refractivity contribution in [3.8, 4) is 0 Å². The van der Waals surface area contributed by atoms with Gasteiger partial charge in [-0.2, -0.15) is 0 Å². The maximum Gasteiger partial charge on any atom is 0.319 e. The molecule has 0 aromatic heterocycles. The molecule has 4 rings (SSSR count). The minimum absolute atomic E-state index is 0.0148. The van der Waals surface area contributed by atoms with E-state index in [0.717, 1.165) is 54.8 Å². The summed E-state index contributed by atoms with van der Waals surface area (Å²) in [4.78, 5) is 27.0. The third-order valence-electron chi connectivity index (χ3n) is 9.64. The van der Waals surface area contributed by atoms with Gasteiger partial charge in [0.2, 0.25) is 10.0 Å². The number of carbonyl (C=O) groups excluding carboxylic acids is 2. The van der Waals surface area contributed by atoms with Gasteiger partial charge in [0, 0.05) is 73.9 Å². The second kappa shape index (κ2) is 28.5. The average molecular weight is 910 g/mol. The molecule has 0 saturated heterocycles. The molecule has 3 N–H and O–H groups in total. The smallest absolute Gasteiger partial charge is 0.319 e. The van der Waals surface area contributed by atoms with E-state index >= 15 is 0 Å². The third kappa shape index (κ3) is 19.4. The van der Waals surface area contributed by atoms with Crippen LogP contribution in [0.3, 0.4) is 0 Å². The number of likely N-dealkylation sites (N-methyl/N-ethyl adjacent to an activating group) is 1. The van der Waals surface area contributed by atoms with Crippen LogP contribution in [0.4, 0.5) is 10.5 Å². The zero-order valence-corrected chi connectivity index (χ0v) is 37.7. The third-order valence-corrected chi connectivity index (χ3v) is 11.7. The fourth-order valence-electron chi connectivity index (χ4n) is 6.48. The van der Waals surface area contributed by atoms with Crippen molar-refractivity contribution in [1.29, 1.82) is 0 Å². The fraction of sp³-hybridized carbons (Fsp3) is 0.545. The molecule has 3 aromatic carbocycles. The molecule has 0 fully saturated rings. The van der Waals surface area contributed by atoms with Gasteiger partial charge in [-0.05, 0) is 78.5 Å². The molecule has 3 aromatic rings. The van der Waals surface area contributed by atoms with Crippen LogP contribution >= 0.6 is 23.2 Å². The van der Waals surface area contributed by atoms with Crippen LogP contribution in [0.1, 0.15) is 60.8 Å². The van der Waals surface area contributed by atoms with Crippen LogP contribution in [-0.4, -0.2) is 131 Å². The van der Waals surface area contributed by atoms with E-state index < -0.39 is 10.0 Å². The zero-order valence-electron chi connectivity index (χ0n) is 35.4. The monoisotopic (exact) mass is 908 g/mol. The second-order valence-corrected chi connectivity index (χ2v) is 17.2. The normalized spacial score (nSPS) is 14.2. The number of benzene rings is 3. The van der Waals surface area contributed by atoms with E-state index in [1.54, 1.807) is 30.3 Å². The van der Waals surface area contributed by atoms with Crippen molar-refractivity contribution in [2.45, 2.75) is 56.4 Å².